The Labute approximate surface area is 71.4 Å². The molecule has 1 radical (unpaired) electrons. The molecular formula is C9H11OS. The van der Waals surface area contributed by atoms with Gasteiger partial charge in [0, 0.05) is 4.90 Å². The summed E-state index contributed by atoms with van der Waals surface area (Å²) in [7, 11) is 0. The van der Waals surface area contributed by atoms with E-state index >= 15 is 0 Å². The van der Waals surface area contributed by atoms with E-state index in [4.69, 9.17) is 0 Å². The van der Waals surface area contributed by atoms with Gasteiger partial charge in [-0.05, 0) is 24.8 Å². The van der Waals surface area contributed by atoms with Gasteiger partial charge in [0.15, 0.2) is 0 Å². The first-order valence-electron chi connectivity index (χ1n) is 3.54. The lowest BCUT2D eigenvalue weighted by Crippen LogP contribution is -1.90. The van der Waals surface area contributed by atoms with Crippen molar-refractivity contribution in [3.8, 4) is 0 Å². The molecule has 0 aliphatic rings. The number of rotatable bonds is 2. The van der Waals surface area contributed by atoms with E-state index in [9.17, 15) is 5.11 Å². The Kier molecular flexibility index (Phi) is 2.97. The van der Waals surface area contributed by atoms with Crippen LogP contribution in [-0.4, -0.2) is 6.26 Å². The summed E-state index contributed by atoms with van der Waals surface area (Å²) >= 11 is 1.62. The summed E-state index contributed by atoms with van der Waals surface area (Å²) < 4.78 is 0. The molecule has 1 aromatic carbocycles. The van der Waals surface area contributed by atoms with E-state index in [1.54, 1.807) is 18.7 Å². The molecule has 2 heteroatoms. The van der Waals surface area contributed by atoms with Gasteiger partial charge in [0.25, 0.3) is 0 Å². The van der Waals surface area contributed by atoms with Gasteiger partial charge in [0.2, 0.25) is 0 Å². The van der Waals surface area contributed by atoms with Crippen LogP contribution in [0.1, 0.15) is 18.6 Å². The summed E-state index contributed by atoms with van der Waals surface area (Å²) in [6, 6.07) is 7.74. The van der Waals surface area contributed by atoms with Gasteiger partial charge in [-0.1, -0.05) is 18.2 Å². The molecular weight excluding hydrogens is 156 g/mol. The minimum Gasteiger partial charge on any atom is -0.228 e. The molecule has 59 valence electrons. The first-order chi connectivity index (χ1) is 5.25. The van der Waals surface area contributed by atoms with E-state index in [1.807, 2.05) is 30.5 Å². The van der Waals surface area contributed by atoms with Crippen LogP contribution in [0.15, 0.2) is 29.2 Å². The van der Waals surface area contributed by atoms with Gasteiger partial charge in [0.05, 0.1) is 0 Å². The number of hydrogen-bond acceptors (Lipinski definition) is 1. The zero-order valence-corrected chi connectivity index (χ0v) is 7.52. The molecule has 0 bridgehead atoms. The molecule has 0 aliphatic carbocycles. The monoisotopic (exact) mass is 167 g/mol. The molecule has 11 heavy (non-hydrogen) atoms. The maximum Gasteiger partial charge on any atom is 0.116 e. The molecule has 1 aromatic rings. The predicted octanol–water partition coefficient (Wildman–Crippen LogP) is 2.90. The highest BCUT2D eigenvalue weighted by Crippen LogP contribution is 2.25. The third-order valence-corrected chi connectivity index (χ3v) is 2.39. The van der Waals surface area contributed by atoms with Crippen molar-refractivity contribution in [2.75, 3.05) is 6.26 Å². The zero-order valence-electron chi connectivity index (χ0n) is 6.70. The van der Waals surface area contributed by atoms with E-state index in [2.05, 4.69) is 0 Å². The first-order valence-corrected chi connectivity index (χ1v) is 4.77. The van der Waals surface area contributed by atoms with Crippen molar-refractivity contribution in [3.63, 3.8) is 0 Å². The van der Waals surface area contributed by atoms with Gasteiger partial charge in [0.1, 0.15) is 6.10 Å². The highest BCUT2D eigenvalue weighted by atomic mass is 32.2. The fourth-order valence-corrected chi connectivity index (χ4v) is 1.69. The Hall–Kier alpha value is -0.470. The second-order valence-corrected chi connectivity index (χ2v) is 3.23. The smallest absolute Gasteiger partial charge is 0.116 e. The molecule has 0 spiro atoms. The Morgan fingerprint density at radius 2 is 2.00 bits per heavy atom. The average Bonchev–Trinajstić information content (AvgIpc) is 2.04. The van der Waals surface area contributed by atoms with E-state index in [1.165, 1.54) is 0 Å². The van der Waals surface area contributed by atoms with Crippen LogP contribution in [0.25, 0.3) is 0 Å². The summed E-state index contributed by atoms with van der Waals surface area (Å²) in [4.78, 5) is 1.09. The van der Waals surface area contributed by atoms with Crippen LogP contribution in [0.2, 0.25) is 0 Å². The van der Waals surface area contributed by atoms with Gasteiger partial charge < -0.3 is 0 Å². The summed E-state index contributed by atoms with van der Waals surface area (Å²) in [5.74, 6) is 0. The van der Waals surface area contributed by atoms with E-state index in [0.717, 1.165) is 10.5 Å². The van der Waals surface area contributed by atoms with Crippen LogP contribution < -0.4 is 0 Å². The van der Waals surface area contributed by atoms with Crippen LogP contribution in [0, 0.1) is 0 Å². The van der Waals surface area contributed by atoms with Crippen molar-refractivity contribution in [3.05, 3.63) is 29.8 Å². The Morgan fingerprint density at radius 3 is 2.45 bits per heavy atom. The molecule has 0 saturated heterocycles. The van der Waals surface area contributed by atoms with Crippen LogP contribution in [-0.2, 0) is 5.11 Å². The molecule has 1 unspecified atom stereocenters. The predicted molar refractivity (Wildman–Crippen MR) is 47.3 cm³/mol. The maximum atomic E-state index is 11.1. The fraction of sp³-hybridized carbons (Fsp3) is 0.333. The minimum absolute atomic E-state index is 0.612. The third-order valence-electron chi connectivity index (χ3n) is 1.58. The second-order valence-electron chi connectivity index (χ2n) is 2.38. The maximum absolute atomic E-state index is 11.1. The van der Waals surface area contributed by atoms with Crippen LogP contribution in [0.5, 0.6) is 0 Å². The van der Waals surface area contributed by atoms with Crippen LogP contribution in [0.4, 0.5) is 0 Å². The van der Waals surface area contributed by atoms with Crippen molar-refractivity contribution in [1.29, 1.82) is 0 Å². The topological polar surface area (TPSA) is 19.9 Å². The van der Waals surface area contributed by atoms with Gasteiger partial charge in [-0.15, -0.1) is 11.8 Å². The highest BCUT2D eigenvalue weighted by molar-refractivity contribution is 7.98. The van der Waals surface area contributed by atoms with Crippen molar-refractivity contribution in [2.24, 2.45) is 0 Å². The number of hydrogen-bond donors (Lipinski definition) is 0. The van der Waals surface area contributed by atoms with Gasteiger partial charge >= 0.3 is 0 Å². The SMILES string of the molecule is CSc1ccccc1C(C)[O]. The Balaban J connectivity index is 3.02. The van der Waals surface area contributed by atoms with Crippen molar-refractivity contribution < 1.29 is 5.11 Å². The molecule has 1 atom stereocenters. The average molecular weight is 167 g/mol. The quantitative estimate of drug-likeness (QED) is 0.620. The van der Waals surface area contributed by atoms with Gasteiger partial charge in [-0.25, -0.2) is 5.11 Å². The van der Waals surface area contributed by atoms with E-state index in [-0.39, 0.29) is 0 Å². The largest absolute Gasteiger partial charge is 0.228 e. The Bertz CT molecular complexity index is 233. The third kappa shape index (κ3) is 1.98. The molecule has 0 heterocycles. The molecule has 1 rings (SSSR count). The van der Waals surface area contributed by atoms with Crippen molar-refractivity contribution in [1.82, 2.24) is 0 Å². The van der Waals surface area contributed by atoms with Crippen molar-refractivity contribution >= 4 is 11.8 Å². The standard InChI is InChI=1S/C9H11OS/c1-7(10)8-5-3-4-6-9(8)11-2/h3-7H,1-2H3. The normalized spacial score (nSPS) is 13.0. The molecule has 0 saturated carbocycles. The van der Waals surface area contributed by atoms with Crippen LogP contribution >= 0.6 is 11.8 Å². The second kappa shape index (κ2) is 3.79. The lowest BCUT2D eigenvalue weighted by molar-refractivity contribution is 0.104. The van der Waals surface area contributed by atoms with Gasteiger partial charge in [-0.2, -0.15) is 0 Å². The molecule has 1 nitrogen and oxygen atoms in total. The number of thioether (sulfide) groups is 1. The molecule has 0 N–H and O–H groups in total. The minimum atomic E-state index is -0.612. The van der Waals surface area contributed by atoms with E-state index < -0.39 is 6.10 Å². The first kappa shape index (κ1) is 8.62. The van der Waals surface area contributed by atoms with Crippen LogP contribution in [0.3, 0.4) is 0 Å². The molecule has 0 amide bonds. The summed E-state index contributed by atoms with van der Waals surface area (Å²) in [5.41, 5.74) is 0.903. The summed E-state index contributed by atoms with van der Waals surface area (Å²) in [6.45, 7) is 1.68. The van der Waals surface area contributed by atoms with Gasteiger partial charge in [-0.3, -0.25) is 0 Å². The van der Waals surface area contributed by atoms with Crippen molar-refractivity contribution in [2.45, 2.75) is 17.9 Å². The number of benzene rings is 1. The lowest BCUT2D eigenvalue weighted by Gasteiger charge is -2.06. The lowest BCUT2D eigenvalue weighted by atomic mass is 10.1. The Morgan fingerprint density at radius 1 is 1.36 bits per heavy atom. The molecule has 0 fully saturated rings. The fourth-order valence-electron chi connectivity index (χ4n) is 1.00. The molecule has 0 aliphatic heterocycles. The van der Waals surface area contributed by atoms with E-state index in [0.29, 0.717) is 0 Å². The zero-order chi connectivity index (χ0) is 8.27. The summed E-state index contributed by atoms with van der Waals surface area (Å²) in [5, 5.41) is 11.1. The highest BCUT2D eigenvalue weighted by Gasteiger charge is 2.06. The molecule has 0 aromatic heterocycles. The summed E-state index contributed by atoms with van der Waals surface area (Å²) in [6.07, 6.45) is 1.37.